The normalized spacial score (nSPS) is 12.6. The van der Waals surface area contributed by atoms with Gasteiger partial charge in [-0.1, -0.05) is 31.2 Å². The molecule has 0 saturated carbocycles. The van der Waals surface area contributed by atoms with Crippen LogP contribution in [0.4, 0.5) is 13.2 Å². The summed E-state index contributed by atoms with van der Waals surface area (Å²) < 4.78 is 42.0. The first kappa shape index (κ1) is 20.4. The molecule has 3 rings (SSSR count). The van der Waals surface area contributed by atoms with Gasteiger partial charge in [-0.3, -0.25) is 4.79 Å². The molecule has 152 valence electrons. The van der Waals surface area contributed by atoms with E-state index in [1.807, 2.05) is 31.2 Å². The average Bonchev–Trinajstić information content (AvgIpc) is 3.15. The summed E-state index contributed by atoms with van der Waals surface area (Å²) in [6.07, 6.45) is -2.50. The number of carbonyl (C=O) groups is 1. The van der Waals surface area contributed by atoms with Crippen LogP contribution in [0.5, 0.6) is 5.75 Å². The lowest BCUT2D eigenvalue weighted by Crippen LogP contribution is -2.17. The maximum Gasteiger partial charge on any atom is 0.573 e. The maximum absolute atomic E-state index is 12.2. The number of carboxylic acid groups (broad SMARTS) is 1. The van der Waals surface area contributed by atoms with Gasteiger partial charge in [0.1, 0.15) is 12.1 Å². The second kappa shape index (κ2) is 8.34. The Balaban J connectivity index is 1.75. The van der Waals surface area contributed by atoms with Crippen molar-refractivity contribution in [3.05, 3.63) is 60.4 Å². The zero-order chi connectivity index (χ0) is 21.0. The van der Waals surface area contributed by atoms with Crippen molar-refractivity contribution in [2.24, 2.45) is 0 Å². The van der Waals surface area contributed by atoms with Crippen molar-refractivity contribution in [1.82, 2.24) is 14.8 Å². The molecule has 3 aromatic rings. The molecule has 1 unspecified atom stereocenters. The number of benzene rings is 2. The third-order valence-electron chi connectivity index (χ3n) is 4.38. The molecule has 0 saturated heterocycles. The van der Waals surface area contributed by atoms with Gasteiger partial charge in [-0.15, -0.1) is 18.3 Å². The van der Waals surface area contributed by atoms with Crippen LogP contribution in [-0.4, -0.2) is 32.2 Å². The highest BCUT2D eigenvalue weighted by molar-refractivity contribution is 5.68. The standard InChI is InChI=1S/C20H18F3N3O3/c1-2-13(11-18(27)28)14-3-5-15(6-4-14)19-24-12-26(25-19)16-7-9-17(10-8-16)29-20(21,22)23/h3-10,12-13H,2,11H2,1H3,(H,27,28). The highest BCUT2D eigenvalue weighted by atomic mass is 19.4. The first-order valence-electron chi connectivity index (χ1n) is 8.85. The van der Waals surface area contributed by atoms with Gasteiger partial charge in [0.2, 0.25) is 0 Å². The summed E-state index contributed by atoms with van der Waals surface area (Å²) in [5.74, 6) is -0.778. The van der Waals surface area contributed by atoms with E-state index in [1.165, 1.54) is 35.3 Å². The number of halogens is 3. The minimum atomic E-state index is -4.74. The number of aromatic nitrogens is 3. The van der Waals surface area contributed by atoms with Crippen molar-refractivity contribution in [3.8, 4) is 22.8 Å². The van der Waals surface area contributed by atoms with E-state index in [4.69, 9.17) is 5.11 Å². The summed E-state index contributed by atoms with van der Waals surface area (Å²) in [5.41, 5.74) is 2.20. The predicted molar refractivity (Wildman–Crippen MR) is 98.8 cm³/mol. The average molecular weight is 405 g/mol. The second-order valence-corrected chi connectivity index (χ2v) is 6.38. The van der Waals surface area contributed by atoms with Gasteiger partial charge < -0.3 is 9.84 Å². The Bertz CT molecular complexity index is 967. The molecule has 0 radical (unpaired) electrons. The van der Waals surface area contributed by atoms with E-state index in [-0.39, 0.29) is 18.1 Å². The zero-order valence-corrected chi connectivity index (χ0v) is 15.4. The maximum atomic E-state index is 12.2. The summed E-state index contributed by atoms with van der Waals surface area (Å²) in [4.78, 5) is 15.2. The van der Waals surface area contributed by atoms with Crippen molar-refractivity contribution in [3.63, 3.8) is 0 Å². The van der Waals surface area contributed by atoms with E-state index in [9.17, 15) is 18.0 Å². The lowest BCUT2D eigenvalue weighted by Gasteiger charge is -2.12. The SMILES string of the molecule is CCC(CC(=O)O)c1ccc(-c2ncn(-c3ccc(OC(F)(F)F)cc3)n2)cc1. The Kier molecular flexibility index (Phi) is 5.86. The largest absolute Gasteiger partial charge is 0.573 e. The number of carboxylic acids is 1. The van der Waals surface area contributed by atoms with E-state index < -0.39 is 12.3 Å². The molecule has 0 spiro atoms. The number of rotatable bonds is 7. The third kappa shape index (κ3) is 5.34. The van der Waals surface area contributed by atoms with E-state index in [0.29, 0.717) is 17.9 Å². The molecule has 1 N–H and O–H groups in total. The first-order valence-corrected chi connectivity index (χ1v) is 8.85. The van der Waals surface area contributed by atoms with Gasteiger partial charge in [-0.2, -0.15) is 0 Å². The Morgan fingerprint density at radius 2 is 1.79 bits per heavy atom. The van der Waals surface area contributed by atoms with Gasteiger partial charge in [0, 0.05) is 5.56 Å². The smallest absolute Gasteiger partial charge is 0.481 e. The highest BCUT2D eigenvalue weighted by Gasteiger charge is 2.31. The minimum Gasteiger partial charge on any atom is -0.481 e. The molecule has 0 aliphatic rings. The molecule has 29 heavy (non-hydrogen) atoms. The molecule has 0 aliphatic carbocycles. The summed E-state index contributed by atoms with van der Waals surface area (Å²) in [6.45, 7) is 1.94. The Labute approximate surface area is 164 Å². The molecular weight excluding hydrogens is 387 g/mol. The van der Waals surface area contributed by atoms with Crippen LogP contribution in [0.1, 0.15) is 31.2 Å². The lowest BCUT2D eigenvalue weighted by molar-refractivity contribution is -0.274. The monoisotopic (exact) mass is 405 g/mol. The lowest BCUT2D eigenvalue weighted by atomic mass is 9.92. The number of aliphatic carboxylic acids is 1. The van der Waals surface area contributed by atoms with Gasteiger partial charge >= 0.3 is 12.3 Å². The van der Waals surface area contributed by atoms with Crippen LogP contribution in [0, 0.1) is 0 Å². The molecule has 0 aliphatic heterocycles. The first-order chi connectivity index (χ1) is 13.7. The van der Waals surface area contributed by atoms with E-state index in [2.05, 4.69) is 14.8 Å². The van der Waals surface area contributed by atoms with Gasteiger partial charge in [0.15, 0.2) is 5.82 Å². The zero-order valence-electron chi connectivity index (χ0n) is 15.4. The summed E-state index contributed by atoms with van der Waals surface area (Å²) in [7, 11) is 0. The van der Waals surface area contributed by atoms with Crippen molar-refractivity contribution < 1.29 is 27.8 Å². The molecule has 0 amide bonds. The van der Waals surface area contributed by atoms with Gasteiger partial charge in [-0.25, -0.2) is 9.67 Å². The van der Waals surface area contributed by atoms with E-state index in [1.54, 1.807) is 0 Å². The second-order valence-electron chi connectivity index (χ2n) is 6.38. The van der Waals surface area contributed by atoms with Crippen molar-refractivity contribution in [1.29, 1.82) is 0 Å². The summed E-state index contributed by atoms with van der Waals surface area (Å²) in [6, 6.07) is 12.6. The van der Waals surface area contributed by atoms with Gasteiger partial charge in [0.05, 0.1) is 12.1 Å². The highest BCUT2D eigenvalue weighted by Crippen LogP contribution is 2.26. The van der Waals surface area contributed by atoms with Crippen LogP contribution in [0.2, 0.25) is 0 Å². The van der Waals surface area contributed by atoms with E-state index >= 15 is 0 Å². The van der Waals surface area contributed by atoms with Gasteiger partial charge in [-0.05, 0) is 42.2 Å². The molecule has 1 atom stereocenters. The Morgan fingerprint density at radius 3 is 2.34 bits per heavy atom. The van der Waals surface area contributed by atoms with Crippen LogP contribution >= 0.6 is 0 Å². The molecule has 0 bridgehead atoms. The van der Waals surface area contributed by atoms with Crippen LogP contribution in [0.3, 0.4) is 0 Å². The quantitative estimate of drug-likeness (QED) is 0.611. The predicted octanol–water partition coefficient (Wildman–Crippen LogP) is 4.80. The molecule has 9 heteroatoms. The number of hydrogen-bond acceptors (Lipinski definition) is 4. The fourth-order valence-electron chi connectivity index (χ4n) is 2.93. The molecule has 0 fully saturated rings. The molecule has 2 aromatic carbocycles. The fourth-order valence-corrected chi connectivity index (χ4v) is 2.93. The van der Waals surface area contributed by atoms with Crippen LogP contribution < -0.4 is 4.74 Å². The fraction of sp³-hybridized carbons (Fsp3) is 0.250. The molecule has 1 heterocycles. The topological polar surface area (TPSA) is 77.2 Å². The Hall–Kier alpha value is -3.36. The van der Waals surface area contributed by atoms with Gasteiger partial charge in [0.25, 0.3) is 0 Å². The number of nitrogens with zero attached hydrogens (tertiary/aromatic N) is 3. The van der Waals surface area contributed by atoms with Crippen molar-refractivity contribution in [2.75, 3.05) is 0 Å². The molecular formula is C20H18F3N3O3. The third-order valence-corrected chi connectivity index (χ3v) is 4.38. The summed E-state index contributed by atoms with van der Waals surface area (Å²) >= 11 is 0. The minimum absolute atomic E-state index is 0.0653. The summed E-state index contributed by atoms with van der Waals surface area (Å²) in [5, 5.41) is 13.4. The van der Waals surface area contributed by atoms with Crippen LogP contribution in [-0.2, 0) is 4.79 Å². The van der Waals surface area contributed by atoms with Crippen LogP contribution in [0.25, 0.3) is 17.1 Å². The van der Waals surface area contributed by atoms with Crippen molar-refractivity contribution in [2.45, 2.75) is 32.0 Å². The number of alkyl halides is 3. The molecule has 1 aromatic heterocycles. The molecule has 6 nitrogen and oxygen atoms in total. The Morgan fingerprint density at radius 1 is 1.14 bits per heavy atom. The van der Waals surface area contributed by atoms with Crippen LogP contribution in [0.15, 0.2) is 54.9 Å². The number of ether oxygens (including phenoxy) is 1. The van der Waals surface area contributed by atoms with E-state index in [0.717, 1.165) is 11.1 Å². The van der Waals surface area contributed by atoms with Crippen molar-refractivity contribution >= 4 is 5.97 Å². The number of hydrogen-bond donors (Lipinski definition) is 1.